The number of ether oxygens (including phenoxy) is 2. The molecule has 1 aliphatic heterocycles. The number of thiophene rings is 1. The van der Waals surface area contributed by atoms with Gasteiger partial charge in [0.25, 0.3) is 0 Å². The Kier molecular flexibility index (Phi) is 7.73. The van der Waals surface area contributed by atoms with Gasteiger partial charge in [-0.05, 0) is 101 Å². The van der Waals surface area contributed by atoms with Gasteiger partial charge in [0.15, 0.2) is 0 Å². The van der Waals surface area contributed by atoms with Gasteiger partial charge in [-0.25, -0.2) is 0 Å². The van der Waals surface area contributed by atoms with Crippen molar-refractivity contribution in [2.24, 2.45) is 11.1 Å². The first-order valence-electron chi connectivity index (χ1n) is 14.1. The van der Waals surface area contributed by atoms with Crippen LogP contribution in [0.15, 0.2) is 60.3 Å². The van der Waals surface area contributed by atoms with Gasteiger partial charge in [0.1, 0.15) is 5.75 Å². The molecule has 210 valence electrons. The lowest BCUT2D eigenvalue weighted by Gasteiger charge is -2.39. The Labute approximate surface area is 240 Å². The fourth-order valence-corrected chi connectivity index (χ4v) is 7.57. The van der Waals surface area contributed by atoms with E-state index in [1.807, 2.05) is 50.3 Å². The number of carbonyl (C=O) groups excluding carboxylic acids is 1. The van der Waals surface area contributed by atoms with Crippen LogP contribution < -0.4 is 10.1 Å². The summed E-state index contributed by atoms with van der Waals surface area (Å²) in [6, 6.07) is 12.2. The van der Waals surface area contributed by atoms with Crippen molar-refractivity contribution in [2.75, 3.05) is 11.9 Å². The highest BCUT2D eigenvalue weighted by Gasteiger charge is 2.39. The molecule has 1 atom stereocenters. The van der Waals surface area contributed by atoms with E-state index in [0.717, 1.165) is 47.4 Å². The number of hydrogen-bond acceptors (Lipinski definition) is 6. The molecule has 1 fully saturated rings. The van der Waals surface area contributed by atoms with E-state index in [9.17, 15) is 9.70 Å². The summed E-state index contributed by atoms with van der Waals surface area (Å²) in [5, 5.41) is 7.75. The van der Waals surface area contributed by atoms with Crippen LogP contribution >= 0.6 is 11.3 Å². The zero-order valence-electron chi connectivity index (χ0n) is 24.0. The monoisotopic (exact) mass is 558 g/mol. The maximum Gasteiger partial charge on any atom is 0.317 e. The number of rotatable bonds is 8. The van der Waals surface area contributed by atoms with Crippen LogP contribution in [0, 0.1) is 24.7 Å². The zero-order chi connectivity index (χ0) is 28.7. The third kappa shape index (κ3) is 5.13. The number of hydrogen-bond donors (Lipinski definition) is 1. The Morgan fingerprint density at radius 1 is 1.20 bits per heavy atom. The summed E-state index contributed by atoms with van der Waals surface area (Å²) in [4.78, 5) is 25.7. The lowest BCUT2D eigenvalue weighted by molar-refractivity contribution is -0.112. The second kappa shape index (κ2) is 10.9. The van der Waals surface area contributed by atoms with E-state index in [2.05, 4.69) is 50.0 Å². The van der Waals surface area contributed by atoms with Gasteiger partial charge in [0.2, 0.25) is 0 Å². The molecule has 2 aliphatic rings. The van der Waals surface area contributed by atoms with Gasteiger partial charge in [-0.1, -0.05) is 30.3 Å². The number of fused-ring (bicyclic) bond motifs is 2. The number of amides is 1. The minimum atomic E-state index is -0.789. The molecule has 1 unspecified atom stereocenters. The second-order valence-corrected chi connectivity index (χ2v) is 12.7. The van der Waals surface area contributed by atoms with Crippen molar-refractivity contribution in [1.82, 2.24) is 0 Å². The van der Waals surface area contributed by atoms with Crippen molar-refractivity contribution >= 4 is 38.6 Å². The molecule has 0 radical (unpaired) electrons. The molecule has 0 bridgehead atoms. The van der Waals surface area contributed by atoms with E-state index < -0.39 is 11.4 Å². The predicted octanol–water partition coefficient (Wildman–Crippen LogP) is 8.45. The molecule has 1 aliphatic carbocycles. The molecular formula is C33H38N2O4S. The van der Waals surface area contributed by atoms with Crippen LogP contribution in [0.25, 0.3) is 15.7 Å². The van der Waals surface area contributed by atoms with E-state index in [0.29, 0.717) is 23.8 Å². The van der Waals surface area contributed by atoms with Crippen molar-refractivity contribution in [3.63, 3.8) is 0 Å². The summed E-state index contributed by atoms with van der Waals surface area (Å²) in [7, 11) is 0. The number of carbonyl (C=O) groups is 1. The molecule has 1 amide bonds. The summed E-state index contributed by atoms with van der Waals surface area (Å²) in [5.41, 5.74) is 2.84. The molecule has 2 aromatic carbocycles. The maximum atomic E-state index is 13.0. The maximum absolute atomic E-state index is 13.0. The quantitative estimate of drug-likeness (QED) is 0.222. The molecule has 1 aromatic heterocycles. The van der Waals surface area contributed by atoms with Crippen LogP contribution in [0.1, 0.15) is 68.0 Å². The standard InChI is InChI=1S/C33H38N2O4S/c1-7-33(39-20(2)3)16-14-23(15-17-33)19-38-26-13-12-21(4)29-28(26)25(31(36)35-37)18-32(6,34-29)30-22(5)24-10-8-9-11-27(24)40-30/h7-13,18,20,23,34H,1,14-17,19H2,2-6H3. The zero-order valence-corrected chi connectivity index (χ0v) is 24.8. The number of benzene rings is 2. The van der Waals surface area contributed by atoms with E-state index in [1.54, 1.807) is 11.3 Å². The van der Waals surface area contributed by atoms with Crippen molar-refractivity contribution < 1.29 is 14.3 Å². The number of anilines is 1. The van der Waals surface area contributed by atoms with E-state index in [4.69, 9.17) is 9.47 Å². The van der Waals surface area contributed by atoms with Gasteiger partial charge in [-0.2, -0.15) is 0 Å². The van der Waals surface area contributed by atoms with Crippen molar-refractivity contribution in [2.45, 2.75) is 77.5 Å². The summed E-state index contributed by atoms with van der Waals surface area (Å²) in [5.74, 6) is 0.157. The van der Waals surface area contributed by atoms with E-state index >= 15 is 0 Å². The molecule has 1 N–H and O–H groups in total. The Hall–Kier alpha value is -3.29. The number of nitroso groups, excluding NO2 is 1. The average Bonchev–Trinajstić information content (AvgIpc) is 3.30. The van der Waals surface area contributed by atoms with Crippen LogP contribution in [0.3, 0.4) is 0 Å². The minimum absolute atomic E-state index is 0.147. The molecule has 0 spiro atoms. The summed E-state index contributed by atoms with van der Waals surface area (Å²) in [6.45, 7) is 14.8. The van der Waals surface area contributed by atoms with Gasteiger partial charge in [-0.15, -0.1) is 22.8 Å². The summed E-state index contributed by atoms with van der Waals surface area (Å²) < 4.78 is 13.8. The molecule has 6 nitrogen and oxygen atoms in total. The van der Waals surface area contributed by atoms with Gasteiger partial charge in [0, 0.05) is 20.4 Å². The number of nitrogens with one attached hydrogen (secondary N) is 1. The first-order valence-corrected chi connectivity index (χ1v) is 14.9. The van der Waals surface area contributed by atoms with Crippen LogP contribution in [0.2, 0.25) is 0 Å². The Bertz CT molecular complexity index is 1500. The Morgan fingerprint density at radius 3 is 2.58 bits per heavy atom. The van der Waals surface area contributed by atoms with Gasteiger partial charge in [-0.3, -0.25) is 4.79 Å². The highest BCUT2D eigenvalue weighted by Crippen LogP contribution is 2.49. The number of aryl methyl sites for hydroxylation is 2. The van der Waals surface area contributed by atoms with Crippen molar-refractivity contribution in [3.8, 4) is 5.75 Å². The third-order valence-corrected chi connectivity index (χ3v) is 9.87. The van der Waals surface area contributed by atoms with Crippen LogP contribution in [0.5, 0.6) is 5.75 Å². The molecular weight excluding hydrogens is 520 g/mol. The Morgan fingerprint density at radius 2 is 1.93 bits per heavy atom. The lowest BCUT2D eigenvalue weighted by atomic mass is 9.79. The van der Waals surface area contributed by atoms with Crippen molar-refractivity contribution in [1.29, 1.82) is 0 Å². The first-order chi connectivity index (χ1) is 19.1. The summed E-state index contributed by atoms with van der Waals surface area (Å²) in [6.07, 6.45) is 7.69. The average molecular weight is 559 g/mol. The topological polar surface area (TPSA) is 77.0 Å². The van der Waals surface area contributed by atoms with Gasteiger partial charge < -0.3 is 14.8 Å². The van der Waals surface area contributed by atoms with Crippen molar-refractivity contribution in [3.05, 3.63) is 81.6 Å². The fourth-order valence-electron chi connectivity index (χ4n) is 6.28. The Balaban J connectivity index is 1.46. The van der Waals surface area contributed by atoms with E-state index in [-0.39, 0.29) is 17.3 Å². The molecule has 1 saturated carbocycles. The molecule has 2 heterocycles. The van der Waals surface area contributed by atoms with Crippen LogP contribution in [-0.2, 0) is 15.1 Å². The molecule has 3 aromatic rings. The fraction of sp³-hybridized carbons (Fsp3) is 0.424. The summed E-state index contributed by atoms with van der Waals surface area (Å²) >= 11 is 1.69. The SMILES string of the molecule is C=CC1(OC(C)C)CCC(COc2ccc(C)c3c2C(C(=O)N=O)=CC(C)(c2sc4ccccc4c2C)N3)CC1. The molecule has 5 rings (SSSR count). The lowest BCUT2D eigenvalue weighted by Crippen LogP contribution is -2.38. The smallest absolute Gasteiger partial charge is 0.317 e. The molecule has 0 saturated heterocycles. The van der Waals surface area contributed by atoms with Gasteiger partial charge >= 0.3 is 5.91 Å². The molecule has 40 heavy (non-hydrogen) atoms. The third-order valence-electron chi connectivity index (χ3n) is 8.36. The highest BCUT2D eigenvalue weighted by atomic mass is 32.1. The van der Waals surface area contributed by atoms with Gasteiger partial charge in [0.05, 0.1) is 35.0 Å². The number of nitrogens with zero attached hydrogens (tertiary/aromatic N) is 1. The minimum Gasteiger partial charge on any atom is -0.493 e. The molecule has 7 heteroatoms. The van der Waals surface area contributed by atoms with Crippen LogP contribution in [0.4, 0.5) is 5.69 Å². The highest BCUT2D eigenvalue weighted by molar-refractivity contribution is 7.19. The van der Waals surface area contributed by atoms with Crippen LogP contribution in [-0.4, -0.2) is 24.2 Å². The second-order valence-electron chi connectivity index (χ2n) is 11.7. The first kappa shape index (κ1) is 28.2. The van der Waals surface area contributed by atoms with E-state index in [1.165, 1.54) is 10.1 Å². The predicted molar refractivity (Wildman–Crippen MR) is 164 cm³/mol. The largest absolute Gasteiger partial charge is 0.493 e. The normalized spacial score (nSPS) is 24.2.